The van der Waals surface area contributed by atoms with Gasteiger partial charge in [-0.25, -0.2) is 0 Å². The van der Waals surface area contributed by atoms with Gasteiger partial charge in [0.2, 0.25) is 5.91 Å². The van der Waals surface area contributed by atoms with E-state index in [0.29, 0.717) is 17.9 Å². The summed E-state index contributed by atoms with van der Waals surface area (Å²) in [6, 6.07) is 8.67. The van der Waals surface area contributed by atoms with Crippen LogP contribution in [-0.4, -0.2) is 36.6 Å². The summed E-state index contributed by atoms with van der Waals surface area (Å²) in [7, 11) is 1.77. The second kappa shape index (κ2) is 6.95. The molecule has 1 aliphatic heterocycles. The number of amides is 1. The zero-order valence-corrected chi connectivity index (χ0v) is 16.7. The topological polar surface area (TPSA) is 53.3 Å². The van der Waals surface area contributed by atoms with Crippen LogP contribution in [0.2, 0.25) is 0 Å². The van der Waals surface area contributed by atoms with Gasteiger partial charge in [-0.3, -0.25) is 4.79 Å². The van der Waals surface area contributed by atoms with Crippen LogP contribution >= 0.6 is 0 Å². The van der Waals surface area contributed by atoms with E-state index in [9.17, 15) is 10.1 Å². The predicted octanol–water partition coefficient (Wildman–Crippen LogP) is 3.81. The van der Waals surface area contributed by atoms with E-state index in [-0.39, 0.29) is 17.4 Å². The van der Waals surface area contributed by atoms with Gasteiger partial charge in [-0.2, -0.15) is 5.26 Å². The van der Waals surface area contributed by atoms with Crippen LogP contribution in [0.4, 0.5) is 0 Å². The van der Waals surface area contributed by atoms with Gasteiger partial charge in [0, 0.05) is 25.6 Å². The molecule has 27 heavy (non-hydrogen) atoms. The standard InChI is InChI=1S/C23H30N2O2/c1-15-21-13-18-12-16(14-24)4-9-20(18)23(15,2)10-11-25(21)22(26)17-5-7-19(27-3)8-6-17/h4,9,12,15,17,19,21H,5-8,10-11,13H2,1-3H3/t15?,17?,19?,21?,23-/m1/s1. The lowest BCUT2D eigenvalue weighted by molar-refractivity contribution is -0.145. The number of piperidine rings is 1. The number of ether oxygens (including phenoxy) is 1. The van der Waals surface area contributed by atoms with Crippen molar-refractivity contribution < 1.29 is 9.53 Å². The molecule has 4 heteroatoms. The zero-order chi connectivity index (χ0) is 19.2. The van der Waals surface area contributed by atoms with Gasteiger partial charge in [0.05, 0.1) is 17.7 Å². The summed E-state index contributed by atoms with van der Waals surface area (Å²) in [4.78, 5) is 15.6. The lowest BCUT2D eigenvalue weighted by Gasteiger charge is -2.55. The maximum absolute atomic E-state index is 13.4. The van der Waals surface area contributed by atoms with Gasteiger partial charge in [0.1, 0.15) is 0 Å². The first-order chi connectivity index (χ1) is 13.0. The number of likely N-dealkylation sites (tertiary alicyclic amines) is 1. The molecule has 3 aliphatic rings. The molecule has 2 bridgehead atoms. The molecule has 2 unspecified atom stereocenters. The van der Waals surface area contributed by atoms with Crippen LogP contribution in [-0.2, 0) is 21.4 Å². The van der Waals surface area contributed by atoms with Gasteiger partial charge in [-0.1, -0.05) is 19.9 Å². The van der Waals surface area contributed by atoms with Crippen molar-refractivity contribution in [3.8, 4) is 6.07 Å². The average molecular weight is 367 g/mol. The number of carbonyl (C=O) groups excluding carboxylic acids is 1. The Labute approximate surface area is 162 Å². The van der Waals surface area contributed by atoms with Crippen LogP contribution in [0.5, 0.6) is 0 Å². The van der Waals surface area contributed by atoms with Crippen molar-refractivity contribution >= 4 is 5.91 Å². The van der Waals surface area contributed by atoms with Crippen molar-refractivity contribution in [2.75, 3.05) is 13.7 Å². The summed E-state index contributed by atoms with van der Waals surface area (Å²) in [6.45, 7) is 5.52. The molecule has 3 atom stereocenters. The maximum Gasteiger partial charge on any atom is 0.225 e. The molecule has 1 amide bonds. The minimum atomic E-state index is 0.0940. The van der Waals surface area contributed by atoms with Gasteiger partial charge in [0.15, 0.2) is 0 Å². The van der Waals surface area contributed by atoms with E-state index >= 15 is 0 Å². The van der Waals surface area contributed by atoms with Gasteiger partial charge < -0.3 is 9.64 Å². The van der Waals surface area contributed by atoms with Crippen LogP contribution in [0.1, 0.15) is 62.6 Å². The van der Waals surface area contributed by atoms with Gasteiger partial charge in [0.25, 0.3) is 0 Å². The van der Waals surface area contributed by atoms with E-state index in [4.69, 9.17) is 4.74 Å². The minimum absolute atomic E-state index is 0.0940. The van der Waals surface area contributed by atoms with Crippen molar-refractivity contribution in [3.63, 3.8) is 0 Å². The molecule has 144 valence electrons. The highest BCUT2D eigenvalue weighted by atomic mass is 16.5. The van der Waals surface area contributed by atoms with Crippen LogP contribution in [0, 0.1) is 23.2 Å². The molecule has 1 heterocycles. The number of nitriles is 1. The van der Waals surface area contributed by atoms with Gasteiger partial charge in [-0.15, -0.1) is 0 Å². The predicted molar refractivity (Wildman–Crippen MR) is 104 cm³/mol. The van der Waals surface area contributed by atoms with Crippen molar-refractivity contribution in [2.24, 2.45) is 11.8 Å². The monoisotopic (exact) mass is 366 g/mol. The van der Waals surface area contributed by atoms with E-state index in [2.05, 4.69) is 30.9 Å². The maximum atomic E-state index is 13.4. The third-order valence-electron chi connectivity index (χ3n) is 7.77. The molecular weight excluding hydrogens is 336 g/mol. The molecule has 1 aromatic carbocycles. The number of carbonyl (C=O) groups is 1. The van der Waals surface area contributed by atoms with E-state index in [0.717, 1.165) is 50.6 Å². The van der Waals surface area contributed by atoms with Crippen LogP contribution in [0.15, 0.2) is 18.2 Å². The largest absolute Gasteiger partial charge is 0.381 e. The molecule has 2 fully saturated rings. The Bertz CT molecular complexity index is 775. The first-order valence-electron chi connectivity index (χ1n) is 10.3. The molecule has 4 nitrogen and oxygen atoms in total. The smallest absolute Gasteiger partial charge is 0.225 e. The lowest BCUT2D eigenvalue weighted by atomic mass is 9.58. The van der Waals surface area contributed by atoms with Crippen molar-refractivity contribution in [1.29, 1.82) is 5.26 Å². The number of rotatable bonds is 2. The zero-order valence-electron chi connectivity index (χ0n) is 16.7. The van der Waals surface area contributed by atoms with Crippen molar-refractivity contribution in [2.45, 2.75) is 69.9 Å². The normalized spacial score (nSPS) is 35.3. The highest BCUT2D eigenvalue weighted by Crippen LogP contribution is 2.49. The molecular formula is C23H30N2O2. The molecule has 4 rings (SSSR count). The summed E-state index contributed by atoms with van der Waals surface area (Å²) < 4.78 is 5.47. The molecule has 0 aromatic heterocycles. The third kappa shape index (κ3) is 2.97. The Morgan fingerprint density at radius 1 is 1.30 bits per heavy atom. The summed E-state index contributed by atoms with van der Waals surface area (Å²) in [5, 5.41) is 9.29. The quantitative estimate of drug-likeness (QED) is 0.800. The highest BCUT2D eigenvalue weighted by molar-refractivity contribution is 5.79. The van der Waals surface area contributed by atoms with Gasteiger partial charge >= 0.3 is 0 Å². The molecule has 1 saturated heterocycles. The second-order valence-corrected chi connectivity index (χ2v) is 8.95. The van der Waals surface area contributed by atoms with E-state index < -0.39 is 0 Å². The number of hydrogen-bond acceptors (Lipinski definition) is 3. The Hall–Kier alpha value is -1.86. The Kier molecular flexibility index (Phi) is 4.76. The number of hydrogen-bond donors (Lipinski definition) is 0. The average Bonchev–Trinajstić information content (AvgIpc) is 2.70. The number of nitrogens with zero attached hydrogens (tertiary/aromatic N) is 2. The molecule has 0 spiro atoms. The van der Waals surface area contributed by atoms with Crippen LogP contribution in [0.25, 0.3) is 0 Å². The molecule has 1 saturated carbocycles. The Morgan fingerprint density at radius 2 is 2.04 bits per heavy atom. The fourth-order valence-corrected chi connectivity index (χ4v) is 5.78. The van der Waals surface area contributed by atoms with E-state index in [1.54, 1.807) is 7.11 Å². The third-order valence-corrected chi connectivity index (χ3v) is 7.77. The minimum Gasteiger partial charge on any atom is -0.381 e. The van der Waals surface area contributed by atoms with Crippen molar-refractivity contribution in [3.05, 3.63) is 34.9 Å². The van der Waals surface area contributed by atoms with Crippen LogP contribution < -0.4 is 0 Å². The summed E-state index contributed by atoms with van der Waals surface area (Å²) in [5.41, 5.74) is 3.47. The molecule has 2 aliphatic carbocycles. The number of methoxy groups -OCH3 is 1. The van der Waals surface area contributed by atoms with Crippen molar-refractivity contribution in [1.82, 2.24) is 4.90 Å². The Morgan fingerprint density at radius 3 is 2.70 bits per heavy atom. The molecule has 1 aromatic rings. The van der Waals surface area contributed by atoms with Gasteiger partial charge in [-0.05, 0) is 73.1 Å². The Balaban J connectivity index is 1.59. The first kappa shape index (κ1) is 18.5. The summed E-state index contributed by atoms with van der Waals surface area (Å²) in [5.74, 6) is 0.939. The SMILES string of the molecule is COC1CCC(C(=O)N2CC[C@@]3(C)c4ccc(C#N)cc4CC2C3C)CC1. The lowest BCUT2D eigenvalue weighted by Crippen LogP contribution is -2.60. The fourth-order valence-electron chi connectivity index (χ4n) is 5.78. The number of fused-ring (bicyclic) bond motifs is 4. The van der Waals surface area contributed by atoms with Crippen LogP contribution in [0.3, 0.4) is 0 Å². The number of benzene rings is 1. The molecule has 0 radical (unpaired) electrons. The first-order valence-corrected chi connectivity index (χ1v) is 10.3. The van der Waals surface area contributed by atoms with E-state index in [1.165, 1.54) is 11.1 Å². The summed E-state index contributed by atoms with van der Waals surface area (Å²) in [6.07, 6.45) is 6.08. The summed E-state index contributed by atoms with van der Waals surface area (Å²) >= 11 is 0. The second-order valence-electron chi connectivity index (χ2n) is 8.95. The fraction of sp³-hybridized carbons (Fsp3) is 0.652. The molecule has 0 N–H and O–H groups in total. The van der Waals surface area contributed by atoms with E-state index in [1.807, 2.05) is 12.1 Å². The highest BCUT2D eigenvalue weighted by Gasteiger charge is 2.50.